The van der Waals surface area contributed by atoms with E-state index in [1.807, 2.05) is 0 Å². The first-order valence-electron chi connectivity index (χ1n) is 5.71. The van der Waals surface area contributed by atoms with E-state index in [1.165, 1.54) is 24.3 Å². The van der Waals surface area contributed by atoms with Gasteiger partial charge in [-0.05, 0) is 24.3 Å². The molecule has 0 aliphatic carbocycles. The van der Waals surface area contributed by atoms with Crippen molar-refractivity contribution in [2.45, 2.75) is 0 Å². The molecule has 0 aliphatic heterocycles. The number of benzene rings is 2. The van der Waals surface area contributed by atoms with E-state index in [4.69, 9.17) is 15.2 Å². The minimum Gasteiger partial charge on any atom is -0.490 e. The molecule has 5 heteroatoms. The van der Waals surface area contributed by atoms with E-state index in [-0.39, 0.29) is 24.8 Å². The third-order valence-corrected chi connectivity index (χ3v) is 2.36. The lowest BCUT2D eigenvalue weighted by molar-refractivity contribution is 0.211. The molecule has 0 fully saturated rings. The molecular formula is C14H13F2NO2. The number of halogens is 2. The third kappa shape index (κ3) is 3.84. The zero-order valence-electron chi connectivity index (χ0n) is 10.1. The summed E-state index contributed by atoms with van der Waals surface area (Å²) in [6, 6.07) is 9.95. The summed E-state index contributed by atoms with van der Waals surface area (Å²) in [5, 5.41) is 0. The summed E-state index contributed by atoms with van der Waals surface area (Å²) in [6.45, 7) is 0.338. The van der Waals surface area contributed by atoms with Gasteiger partial charge in [0.05, 0.1) is 0 Å². The Morgan fingerprint density at radius 2 is 1.74 bits per heavy atom. The van der Waals surface area contributed by atoms with E-state index in [2.05, 4.69) is 0 Å². The first kappa shape index (κ1) is 13.1. The van der Waals surface area contributed by atoms with Crippen molar-refractivity contribution < 1.29 is 18.3 Å². The topological polar surface area (TPSA) is 44.5 Å². The van der Waals surface area contributed by atoms with Crippen LogP contribution in [0.25, 0.3) is 0 Å². The molecule has 0 bridgehead atoms. The van der Waals surface area contributed by atoms with Crippen molar-refractivity contribution in [1.29, 1.82) is 0 Å². The van der Waals surface area contributed by atoms with Crippen LogP contribution in [0, 0.1) is 11.6 Å². The molecule has 2 rings (SSSR count). The maximum Gasteiger partial charge on any atom is 0.167 e. The molecule has 0 unspecified atom stereocenters. The van der Waals surface area contributed by atoms with Crippen LogP contribution in [0.15, 0.2) is 42.5 Å². The molecule has 19 heavy (non-hydrogen) atoms. The molecule has 0 heterocycles. The zero-order valence-corrected chi connectivity index (χ0v) is 10.1. The molecule has 0 amide bonds. The summed E-state index contributed by atoms with van der Waals surface area (Å²) in [5.74, 6) is -0.382. The maximum atomic E-state index is 13.4. The molecule has 0 radical (unpaired) electrons. The highest BCUT2D eigenvalue weighted by Gasteiger charge is 2.03. The van der Waals surface area contributed by atoms with Gasteiger partial charge in [-0.2, -0.15) is 0 Å². The third-order valence-electron chi connectivity index (χ3n) is 2.36. The Labute approximate surface area is 109 Å². The normalized spacial score (nSPS) is 10.2. The van der Waals surface area contributed by atoms with E-state index in [0.29, 0.717) is 11.4 Å². The second-order valence-electron chi connectivity index (χ2n) is 3.84. The molecule has 0 saturated carbocycles. The zero-order chi connectivity index (χ0) is 13.7. The number of rotatable bonds is 5. The fourth-order valence-electron chi connectivity index (χ4n) is 1.50. The molecule has 100 valence electrons. The molecule has 0 aromatic heterocycles. The number of ether oxygens (including phenoxy) is 2. The Morgan fingerprint density at radius 1 is 0.947 bits per heavy atom. The molecule has 0 atom stereocenters. The summed E-state index contributed by atoms with van der Waals surface area (Å²) >= 11 is 0. The van der Waals surface area contributed by atoms with Crippen LogP contribution < -0.4 is 15.2 Å². The van der Waals surface area contributed by atoms with Crippen molar-refractivity contribution in [3.05, 3.63) is 54.1 Å². The number of nitrogens with two attached hydrogens (primary N) is 1. The van der Waals surface area contributed by atoms with Gasteiger partial charge in [-0.1, -0.05) is 6.07 Å². The van der Waals surface area contributed by atoms with Gasteiger partial charge in [-0.3, -0.25) is 0 Å². The number of hydrogen-bond donors (Lipinski definition) is 1. The van der Waals surface area contributed by atoms with Crippen molar-refractivity contribution in [3.63, 3.8) is 0 Å². The summed E-state index contributed by atoms with van der Waals surface area (Å²) in [7, 11) is 0. The van der Waals surface area contributed by atoms with Crippen molar-refractivity contribution in [3.8, 4) is 11.5 Å². The Hall–Kier alpha value is -2.30. The van der Waals surface area contributed by atoms with E-state index in [9.17, 15) is 8.78 Å². The maximum absolute atomic E-state index is 13.4. The molecule has 0 saturated heterocycles. The quantitative estimate of drug-likeness (QED) is 0.667. The predicted octanol–water partition coefficient (Wildman–Crippen LogP) is 3.00. The van der Waals surface area contributed by atoms with Gasteiger partial charge in [-0.15, -0.1) is 0 Å². The van der Waals surface area contributed by atoms with E-state index < -0.39 is 5.82 Å². The monoisotopic (exact) mass is 265 g/mol. The molecule has 3 nitrogen and oxygen atoms in total. The smallest absolute Gasteiger partial charge is 0.167 e. The molecule has 0 spiro atoms. The highest BCUT2D eigenvalue weighted by molar-refractivity contribution is 5.42. The van der Waals surface area contributed by atoms with Gasteiger partial charge >= 0.3 is 0 Å². The Kier molecular flexibility index (Phi) is 4.18. The summed E-state index contributed by atoms with van der Waals surface area (Å²) in [5.41, 5.74) is 5.75. The van der Waals surface area contributed by atoms with Crippen molar-refractivity contribution in [2.24, 2.45) is 0 Å². The van der Waals surface area contributed by atoms with Crippen molar-refractivity contribution in [1.82, 2.24) is 0 Å². The second-order valence-corrected chi connectivity index (χ2v) is 3.84. The van der Waals surface area contributed by atoms with Crippen LogP contribution in [-0.2, 0) is 0 Å². The lowest BCUT2D eigenvalue weighted by Crippen LogP contribution is -2.09. The van der Waals surface area contributed by atoms with E-state index >= 15 is 0 Å². The molecule has 0 aliphatic rings. The molecule has 2 aromatic carbocycles. The van der Waals surface area contributed by atoms with Gasteiger partial charge in [0, 0.05) is 17.8 Å². The van der Waals surface area contributed by atoms with Crippen LogP contribution >= 0.6 is 0 Å². The highest BCUT2D eigenvalue weighted by Crippen LogP contribution is 2.19. The molecule has 2 N–H and O–H groups in total. The van der Waals surface area contributed by atoms with Crippen molar-refractivity contribution in [2.75, 3.05) is 18.9 Å². The van der Waals surface area contributed by atoms with Gasteiger partial charge < -0.3 is 15.2 Å². The number of anilines is 1. The van der Waals surface area contributed by atoms with Crippen LogP contribution in [0.5, 0.6) is 11.5 Å². The highest BCUT2D eigenvalue weighted by atomic mass is 19.1. The number of hydrogen-bond acceptors (Lipinski definition) is 3. The van der Waals surface area contributed by atoms with Gasteiger partial charge in [-0.25, -0.2) is 8.78 Å². The van der Waals surface area contributed by atoms with Crippen LogP contribution in [-0.4, -0.2) is 13.2 Å². The van der Waals surface area contributed by atoms with Crippen molar-refractivity contribution >= 4 is 5.69 Å². The Balaban J connectivity index is 1.81. The lowest BCUT2D eigenvalue weighted by atomic mass is 10.3. The van der Waals surface area contributed by atoms with Gasteiger partial charge in [0.15, 0.2) is 11.6 Å². The fraction of sp³-hybridized carbons (Fsp3) is 0.143. The fourth-order valence-corrected chi connectivity index (χ4v) is 1.50. The van der Waals surface area contributed by atoms with Crippen LogP contribution in [0.1, 0.15) is 0 Å². The summed E-state index contributed by atoms with van der Waals surface area (Å²) in [6.07, 6.45) is 0. The first-order valence-corrected chi connectivity index (χ1v) is 5.71. The average molecular weight is 265 g/mol. The van der Waals surface area contributed by atoms with Gasteiger partial charge in [0.25, 0.3) is 0 Å². The Morgan fingerprint density at radius 3 is 2.47 bits per heavy atom. The van der Waals surface area contributed by atoms with Gasteiger partial charge in [0.1, 0.15) is 24.8 Å². The van der Waals surface area contributed by atoms with Gasteiger partial charge in [0.2, 0.25) is 0 Å². The van der Waals surface area contributed by atoms with Crippen LogP contribution in [0.4, 0.5) is 14.5 Å². The van der Waals surface area contributed by atoms with E-state index in [0.717, 1.165) is 0 Å². The molecule has 2 aromatic rings. The Bertz CT molecular complexity index is 561. The number of nitrogen functional groups attached to an aromatic ring is 1. The average Bonchev–Trinajstić information content (AvgIpc) is 2.37. The second kappa shape index (κ2) is 6.04. The van der Waals surface area contributed by atoms with Crippen LogP contribution in [0.2, 0.25) is 0 Å². The minimum atomic E-state index is -0.522. The molecular weight excluding hydrogens is 252 g/mol. The standard InChI is InChI=1S/C14H13F2NO2/c15-10-2-1-3-12(8-10)18-6-7-19-14-5-4-11(17)9-13(14)16/h1-5,8-9H,6-7,17H2. The minimum absolute atomic E-state index is 0.108. The van der Waals surface area contributed by atoms with Crippen LogP contribution in [0.3, 0.4) is 0 Å². The SMILES string of the molecule is Nc1ccc(OCCOc2cccc(F)c2)c(F)c1. The first-order chi connectivity index (χ1) is 9.15. The largest absolute Gasteiger partial charge is 0.490 e. The predicted molar refractivity (Wildman–Crippen MR) is 68.2 cm³/mol. The summed E-state index contributed by atoms with van der Waals surface area (Å²) < 4.78 is 36.7. The lowest BCUT2D eigenvalue weighted by Gasteiger charge is -2.09. The summed E-state index contributed by atoms with van der Waals surface area (Å²) in [4.78, 5) is 0. The van der Waals surface area contributed by atoms with E-state index in [1.54, 1.807) is 18.2 Å².